The van der Waals surface area contributed by atoms with E-state index in [0.717, 1.165) is 28.5 Å². The summed E-state index contributed by atoms with van der Waals surface area (Å²) in [7, 11) is 0. The SMILES string of the molecule is O=C(NOI)C(F)(F)F. The highest BCUT2D eigenvalue weighted by atomic mass is 127. The molecule has 1 N–H and O–H groups in total. The maximum absolute atomic E-state index is 11.1. The first-order chi connectivity index (χ1) is 3.98. The summed E-state index contributed by atoms with van der Waals surface area (Å²) < 4.78 is 37.1. The highest BCUT2D eigenvalue weighted by Crippen LogP contribution is 2.13. The van der Waals surface area contributed by atoms with Gasteiger partial charge in [-0.15, -0.1) is 0 Å². The van der Waals surface area contributed by atoms with Gasteiger partial charge in [0.25, 0.3) is 0 Å². The second kappa shape index (κ2) is 3.20. The zero-order valence-electron chi connectivity index (χ0n) is 3.83. The minimum absolute atomic E-state index is 1.11. The molecule has 0 rings (SSSR count). The quantitative estimate of drug-likeness (QED) is 0.559. The number of halogens is 4. The van der Waals surface area contributed by atoms with Crippen LogP contribution in [0.15, 0.2) is 0 Å². The van der Waals surface area contributed by atoms with Gasteiger partial charge < -0.3 is 0 Å². The van der Waals surface area contributed by atoms with Crippen LogP contribution in [0, 0.1) is 0 Å². The van der Waals surface area contributed by atoms with Gasteiger partial charge in [0.2, 0.25) is 0 Å². The minimum atomic E-state index is -4.87. The molecule has 0 spiro atoms. The summed E-state index contributed by atoms with van der Waals surface area (Å²) >= 11 is 1.11. The summed E-state index contributed by atoms with van der Waals surface area (Å²) in [6.07, 6.45) is -4.87. The Morgan fingerprint density at radius 2 is 2.00 bits per heavy atom. The summed E-state index contributed by atoms with van der Waals surface area (Å²) in [4.78, 5) is 9.70. The molecule has 0 heterocycles. The van der Waals surface area contributed by atoms with E-state index in [4.69, 9.17) is 0 Å². The fourth-order valence-electron chi connectivity index (χ4n) is 0.0929. The van der Waals surface area contributed by atoms with Gasteiger partial charge in [-0.2, -0.15) is 13.2 Å². The summed E-state index contributed by atoms with van der Waals surface area (Å²) in [6.45, 7) is 0. The Hall–Kier alpha value is -0.0500. The number of nitrogens with one attached hydrogen (secondary N) is 1. The third kappa shape index (κ3) is 3.51. The number of hydrogen-bond donors (Lipinski definition) is 1. The van der Waals surface area contributed by atoms with E-state index >= 15 is 0 Å². The van der Waals surface area contributed by atoms with E-state index in [1.54, 1.807) is 0 Å². The van der Waals surface area contributed by atoms with Gasteiger partial charge in [-0.1, -0.05) is 0 Å². The predicted molar refractivity (Wildman–Crippen MR) is 29.3 cm³/mol. The lowest BCUT2D eigenvalue weighted by Gasteiger charge is -2.02. The van der Waals surface area contributed by atoms with Crippen molar-refractivity contribution < 1.29 is 21.1 Å². The van der Waals surface area contributed by atoms with Crippen molar-refractivity contribution >= 4 is 28.9 Å². The second-order valence-corrected chi connectivity index (χ2v) is 1.45. The smallest absolute Gasteiger partial charge is 0.262 e. The van der Waals surface area contributed by atoms with Gasteiger partial charge in [0, 0.05) is 0 Å². The molecule has 0 saturated carbocycles. The Kier molecular flexibility index (Phi) is 3.18. The summed E-state index contributed by atoms with van der Waals surface area (Å²) in [6, 6.07) is 0. The van der Waals surface area contributed by atoms with E-state index in [0.29, 0.717) is 0 Å². The number of hydrogen-bond acceptors (Lipinski definition) is 2. The molecular weight excluding hydrogens is 254 g/mol. The topological polar surface area (TPSA) is 38.3 Å². The Morgan fingerprint density at radius 3 is 2.11 bits per heavy atom. The lowest BCUT2D eigenvalue weighted by molar-refractivity contribution is -0.179. The van der Waals surface area contributed by atoms with Crippen LogP contribution in [-0.2, 0) is 7.96 Å². The molecule has 0 fully saturated rings. The number of rotatable bonds is 1. The van der Waals surface area contributed by atoms with E-state index in [2.05, 4.69) is 3.17 Å². The largest absolute Gasteiger partial charge is 0.473 e. The molecule has 0 aromatic rings. The molecule has 0 unspecified atom stereocenters. The van der Waals surface area contributed by atoms with Crippen LogP contribution < -0.4 is 5.48 Å². The normalized spacial score (nSPS) is 11.1. The molecule has 0 radical (unpaired) electrons. The van der Waals surface area contributed by atoms with Crippen LogP contribution in [0.5, 0.6) is 0 Å². The lowest BCUT2D eigenvalue weighted by atomic mass is 10.6. The number of alkyl halides is 3. The molecule has 0 aromatic carbocycles. The third-order valence-corrected chi connectivity index (χ3v) is 0.609. The Bertz CT molecular complexity index is 113. The first kappa shape index (κ1) is 8.95. The summed E-state index contributed by atoms with van der Waals surface area (Å²) in [5.41, 5.74) is 1.11. The maximum atomic E-state index is 11.1. The van der Waals surface area contributed by atoms with Crippen LogP contribution >= 0.6 is 23.0 Å². The molecular formula is C2HF3INO2. The van der Waals surface area contributed by atoms with Crippen LogP contribution in [0.1, 0.15) is 0 Å². The van der Waals surface area contributed by atoms with E-state index in [1.807, 2.05) is 0 Å². The van der Waals surface area contributed by atoms with E-state index < -0.39 is 12.1 Å². The minimum Gasteiger partial charge on any atom is -0.262 e. The van der Waals surface area contributed by atoms with E-state index in [1.165, 1.54) is 0 Å². The molecule has 54 valence electrons. The number of amides is 1. The van der Waals surface area contributed by atoms with Crippen molar-refractivity contribution in [2.75, 3.05) is 0 Å². The van der Waals surface area contributed by atoms with Crippen molar-refractivity contribution in [3.8, 4) is 0 Å². The van der Waals surface area contributed by atoms with Crippen LogP contribution in [-0.4, -0.2) is 12.1 Å². The molecule has 1 amide bonds. The first-order valence-corrected chi connectivity index (χ1v) is 2.51. The maximum Gasteiger partial charge on any atom is 0.473 e. The van der Waals surface area contributed by atoms with Crippen molar-refractivity contribution in [3.05, 3.63) is 0 Å². The van der Waals surface area contributed by atoms with Gasteiger partial charge in [0.05, 0.1) is 0 Å². The van der Waals surface area contributed by atoms with Crippen molar-refractivity contribution in [2.24, 2.45) is 0 Å². The van der Waals surface area contributed by atoms with Gasteiger partial charge >= 0.3 is 12.1 Å². The second-order valence-electron chi connectivity index (χ2n) is 1.01. The van der Waals surface area contributed by atoms with Crippen LogP contribution in [0.4, 0.5) is 13.2 Å². The standard InChI is InChI=1S/C2HF3INO2/c3-2(4,5)1(8)7-9-6/h(H,7,8). The predicted octanol–water partition coefficient (Wildman–Crippen LogP) is 0.947. The molecule has 0 bridgehead atoms. The molecule has 0 aliphatic rings. The molecule has 0 aliphatic heterocycles. The van der Waals surface area contributed by atoms with Gasteiger partial charge in [-0.05, 0) is 0 Å². The van der Waals surface area contributed by atoms with Crippen molar-refractivity contribution in [1.82, 2.24) is 5.48 Å². The Morgan fingerprint density at radius 1 is 1.56 bits per heavy atom. The molecule has 0 aromatic heterocycles. The van der Waals surface area contributed by atoms with Crippen LogP contribution in [0.25, 0.3) is 0 Å². The molecule has 0 atom stereocenters. The monoisotopic (exact) mass is 255 g/mol. The first-order valence-electron chi connectivity index (χ1n) is 1.63. The Labute approximate surface area is 62.2 Å². The van der Waals surface area contributed by atoms with E-state index in [9.17, 15) is 18.0 Å². The third-order valence-electron chi connectivity index (χ3n) is 0.389. The van der Waals surface area contributed by atoms with Crippen LogP contribution in [0.2, 0.25) is 0 Å². The van der Waals surface area contributed by atoms with Crippen molar-refractivity contribution in [2.45, 2.75) is 6.18 Å². The lowest BCUT2D eigenvalue weighted by Crippen LogP contribution is -2.34. The van der Waals surface area contributed by atoms with Gasteiger partial charge in [0.1, 0.15) is 23.0 Å². The summed E-state index contributed by atoms with van der Waals surface area (Å²) in [5, 5.41) is 0. The van der Waals surface area contributed by atoms with Crippen molar-refractivity contribution in [1.29, 1.82) is 0 Å². The van der Waals surface area contributed by atoms with Gasteiger partial charge in [-0.25, -0.2) is 8.65 Å². The zero-order valence-corrected chi connectivity index (χ0v) is 5.99. The number of hydroxylamine groups is 1. The molecule has 3 nitrogen and oxygen atoms in total. The van der Waals surface area contributed by atoms with Crippen LogP contribution in [0.3, 0.4) is 0 Å². The summed E-state index contributed by atoms with van der Waals surface area (Å²) in [5.74, 6) is -2.11. The average Bonchev–Trinajstić information content (AvgIpc) is 1.64. The zero-order chi connectivity index (χ0) is 7.49. The number of carbonyl (C=O) groups excluding carboxylic acids is 1. The molecule has 0 saturated heterocycles. The van der Waals surface area contributed by atoms with E-state index in [-0.39, 0.29) is 0 Å². The molecule has 9 heavy (non-hydrogen) atoms. The molecule has 0 aliphatic carbocycles. The van der Waals surface area contributed by atoms with Gasteiger partial charge in [-0.3, -0.25) is 4.79 Å². The fraction of sp³-hybridized carbons (Fsp3) is 0.500. The van der Waals surface area contributed by atoms with Crippen molar-refractivity contribution in [3.63, 3.8) is 0 Å². The molecule has 7 heteroatoms. The number of carbonyl (C=O) groups is 1. The van der Waals surface area contributed by atoms with Gasteiger partial charge in [0.15, 0.2) is 0 Å². The highest BCUT2D eigenvalue weighted by molar-refractivity contribution is 14.1. The fourth-order valence-corrected chi connectivity index (χ4v) is 0.293. The average molecular weight is 255 g/mol. The highest BCUT2D eigenvalue weighted by Gasteiger charge is 2.38. The Balaban J connectivity index is 3.74.